The minimum absolute atomic E-state index is 0.755. The lowest BCUT2D eigenvalue weighted by atomic mass is 10.1. The van der Waals surface area contributed by atoms with E-state index in [1.807, 2.05) is 30.3 Å². The highest BCUT2D eigenvalue weighted by Crippen LogP contribution is 2.27. The second-order valence-corrected chi connectivity index (χ2v) is 4.28. The van der Waals surface area contributed by atoms with Crippen LogP contribution in [-0.4, -0.2) is 9.97 Å². The van der Waals surface area contributed by atoms with Crippen LogP contribution in [0.25, 0.3) is 22.4 Å². The lowest BCUT2D eigenvalue weighted by Gasteiger charge is -2.02. The van der Waals surface area contributed by atoms with E-state index in [0.29, 0.717) is 0 Å². The molecule has 1 aromatic carbocycles. The Morgan fingerprint density at radius 3 is 2.88 bits per heavy atom. The first-order valence-corrected chi connectivity index (χ1v) is 5.58. The van der Waals surface area contributed by atoms with E-state index in [1.54, 1.807) is 12.6 Å². The predicted molar refractivity (Wildman–Crippen MR) is 64.9 cm³/mol. The number of rotatable bonds is 1. The topological polar surface area (TPSA) is 38.9 Å². The van der Waals surface area contributed by atoms with Crippen LogP contribution >= 0.6 is 15.9 Å². The van der Waals surface area contributed by atoms with E-state index in [1.165, 1.54) is 0 Å². The van der Waals surface area contributed by atoms with Gasteiger partial charge in [0.1, 0.15) is 12.0 Å². The van der Waals surface area contributed by atoms with Crippen LogP contribution < -0.4 is 0 Å². The molecular weight excluding hydrogens is 268 g/mol. The van der Waals surface area contributed by atoms with E-state index in [4.69, 9.17) is 4.42 Å². The number of benzene rings is 1. The molecule has 2 aromatic heterocycles. The number of halogens is 1. The smallest absolute Gasteiger partial charge is 0.152 e. The summed E-state index contributed by atoms with van der Waals surface area (Å²) in [7, 11) is 0. The number of hydrogen-bond acceptors (Lipinski definition) is 3. The standard InChI is InChI=1S/C12H7BrN2O/c13-8-3-4-10-9(6-8)12(15-7-14-10)11-2-1-5-16-11/h1-7H. The fourth-order valence-electron chi connectivity index (χ4n) is 1.64. The van der Waals surface area contributed by atoms with Crippen LogP contribution in [0.5, 0.6) is 0 Å². The lowest BCUT2D eigenvalue weighted by Crippen LogP contribution is -1.87. The monoisotopic (exact) mass is 274 g/mol. The van der Waals surface area contributed by atoms with Crippen LogP contribution in [0.2, 0.25) is 0 Å². The summed E-state index contributed by atoms with van der Waals surface area (Å²) in [5.74, 6) is 0.755. The van der Waals surface area contributed by atoms with Crippen molar-refractivity contribution in [2.45, 2.75) is 0 Å². The van der Waals surface area contributed by atoms with Crippen LogP contribution in [0.15, 0.2) is 51.8 Å². The second-order valence-electron chi connectivity index (χ2n) is 3.36. The second kappa shape index (κ2) is 3.72. The van der Waals surface area contributed by atoms with Gasteiger partial charge in [0.15, 0.2) is 5.76 Å². The molecule has 3 nitrogen and oxygen atoms in total. The number of furan rings is 1. The molecule has 2 heterocycles. The zero-order chi connectivity index (χ0) is 11.0. The Kier molecular flexibility index (Phi) is 2.22. The number of aromatic nitrogens is 2. The Hall–Kier alpha value is -1.68. The summed E-state index contributed by atoms with van der Waals surface area (Å²) in [6.07, 6.45) is 3.19. The highest BCUT2D eigenvalue weighted by Gasteiger charge is 2.08. The molecule has 0 fully saturated rings. The molecule has 0 aliphatic rings. The molecule has 0 saturated carbocycles. The normalized spacial score (nSPS) is 10.8. The first kappa shape index (κ1) is 9.54. The average Bonchev–Trinajstić information content (AvgIpc) is 2.81. The summed E-state index contributed by atoms with van der Waals surface area (Å²) in [6.45, 7) is 0. The van der Waals surface area contributed by atoms with Crippen molar-refractivity contribution in [3.05, 3.63) is 47.4 Å². The third kappa shape index (κ3) is 1.51. The quantitative estimate of drug-likeness (QED) is 0.680. The summed E-state index contributed by atoms with van der Waals surface area (Å²) in [5, 5.41) is 0.979. The van der Waals surface area contributed by atoms with E-state index >= 15 is 0 Å². The van der Waals surface area contributed by atoms with Crippen molar-refractivity contribution >= 4 is 26.8 Å². The van der Waals surface area contributed by atoms with Crippen LogP contribution in [-0.2, 0) is 0 Å². The molecule has 0 aliphatic heterocycles. The van der Waals surface area contributed by atoms with Gasteiger partial charge in [-0.1, -0.05) is 15.9 Å². The Morgan fingerprint density at radius 1 is 1.12 bits per heavy atom. The lowest BCUT2D eigenvalue weighted by molar-refractivity contribution is 0.580. The Morgan fingerprint density at radius 2 is 2.06 bits per heavy atom. The summed E-state index contributed by atoms with van der Waals surface area (Å²) in [5.41, 5.74) is 1.72. The van der Waals surface area contributed by atoms with E-state index in [9.17, 15) is 0 Å². The molecule has 0 saturated heterocycles. The summed E-state index contributed by atoms with van der Waals surface area (Å²) >= 11 is 3.44. The third-order valence-electron chi connectivity index (χ3n) is 2.35. The molecular formula is C12H7BrN2O. The van der Waals surface area contributed by atoms with Gasteiger partial charge in [-0.05, 0) is 30.3 Å². The van der Waals surface area contributed by atoms with Crippen molar-refractivity contribution < 1.29 is 4.42 Å². The van der Waals surface area contributed by atoms with Gasteiger partial charge in [-0.25, -0.2) is 9.97 Å². The van der Waals surface area contributed by atoms with E-state index in [0.717, 1.165) is 26.8 Å². The van der Waals surface area contributed by atoms with Crippen LogP contribution in [0.4, 0.5) is 0 Å². The molecule has 3 rings (SSSR count). The minimum Gasteiger partial charge on any atom is -0.463 e. The van der Waals surface area contributed by atoms with Gasteiger partial charge in [0, 0.05) is 9.86 Å². The van der Waals surface area contributed by atoms with Crippen molar-refractivity contribution in [3.8, 4) is 11.5 Å². The first-order chi connectivity index (χ1) is 7.84. The number of fused-ring (bicyclic) bond motifs is 1. The van der Waals surface area contributed by atoms with Crippen LogP contribution in [0, 0.1) is 0 Å². The number of hydrogen-bond donors (Lipinski definition) is 0. The fraction of sp³-hybridized carbons (Fsp3) is 0. The molecule has 0 bridgehead atoms. The van der Waals surface area contributed by atoms with Gasteiger partial charge in [0.05, 0.1) is 11.8 Å². The highest BCUT2D eigenvalue weighted by molar-refractivity contribution is 9.10. The van der Waals surface area contributed by atoms with Gasteiger partial charge < -0.3 is 4.42 Å². The van der Waals surface area contributed by atoms with E-state index < -0.39 is 0 Å². The molecule has 0 radical (unpaired) electrons. The molecule has 0 amide bonds. The van der Waals surface area contributed by atoms with E-state index in [2.05, 4.69) is 25.9 Å². The van der Waals surface area contributed by atoms with Gasteiger partial charge in [0.2, 0.25) is 0 Å². The summed E-state index contributed by atoms with van der Waals surface area (Å²) in [4.78, 5) is 8.48. The molecule has 0 spiro atoms. The molecule has 0 aliphatic carbocycles. The maximum Gasteiger partial charge on any atom is 0.152 e. The van der Waals surface area contributed by atoms with Gasteiger partial charge in [0.25, 0.3) is 0 Å². The zero-order valence-corrected chi connectivity index (χ0v) is 9.81. The average molecular weight is 275 g/mol. The Balaban J connectivity index is 2.36. The maximum absolute atomic E-state index is 5.36. The first-order valence-electron chi connectivity index (χ1n) is 4.79. The molecule has 78 valence electrons. The molecule has 0 unspecified atom stereocenters. The summed E-state index contributed by atoms with van der Waals surface area (Å²) < 4.78 is 6.36. The number of nitrogens with zero attached hydrogens (tertiary/aromatic N) is 2. The predicted octanol–water partition coefficient (Wildman–Crippen LogP) is 3.65. The SMILES string of the molecule is Brc1ccc2ncnc(-c3ccco3)c2c1. The van der Waals surface area contributed by atoms with Crippen molar-refractivity contribution in [2.75, 3.05) is 0 Å². The van der Waals surface area contributed by atoms with Gasteiger partial charge >= 0.3 is 0 Å². The van der Waals surface area contributed by atoms with Gasteiger partial charge in [-0.2, -0.15) is 0 Å². The molecule has 0 atom stereocenters. The molecule has 16 heavy (non-hydrogen) atoms. The van der Waals surface area contributed by atoms with E-state index in [-0.39, 0.29) is 0 Å². The van der Waals surface area contributed by atoms with Gasteiger partial charge in [-0.15, -0.1) is 0 Å². The van der Waals surface area contributed by atoms with Crippen molar-refractivity contribution in [3.63, 3.8) is 0 Å². The molecule has 3 aromatic rings. The molecule has 4 heteroatoms. The van der Waals surface area contributed by atoms with Crippen molar-refractivity contribution in [2.24, 2.45) is 0 Å². The zero-order valence-electron chi connectivity index (χ0n) is 8.22. The minimum atomic E-state index is 0.755. The van der Waals surface area contributed by atoms with Crippen LogP contribution in [0.1, 0.15) is 0 Å². The fourth-order valence-corrected chi connectivity index (χ4v) is 2.00. The largest absolute Gasteiger partial charge is 0.463 e. The Bertz CT molecular complexity index is 635. The highest BCUT2D eigenvalue weighted by atomic mass is 79.9. The third-order valence-corrected chi connectivity index (χ3v) is 2.85. The van der Waals surface area contributed by atoms with Crippen molar-refractivity contribution in [1.82, 2.24) is 9.97 Å². The maximum atomic E-state index is 5.36. The molecule has 0 N–H and O–H groups in total. The Labute approximate surface area is 100 Å². The summed E-state index contributed by atoms with van der Waals surface area (Å²) in [6, 6.07) is 9.64. The van der Waals surface area contributed by atoms with Crippen molar-refractivity contribution in [1.29, 1.82) is 0 Å². The van der Waals surface area contributed by atoms with Gasteiger partial charge in [-0.3, -0.25) is 0 Å². The van der Waals surface area contributed by atoms with Crippen LogP contribution in [0.3, 0.4) is 0 Å².